The molecule has 0 saturated carbocycles. The van der Waals surface area contributed by atoms with E-state index in [1.165, 1.54) is 5.01 Å². The normalized spacial score (nSPS) is 15.2. The van der Waals surface area contributed by atoms with E-state index < -0.39 is 11.8 Å². The predicted molar refractivity (Wildman–Crippen MR) is 130 cm³/mol. The van der Waals surface area contributed by atoms with Gasteiger partial charge in [-0.3, -0.25) is 15.0 Å². The Hall–Kier alpha value is -4.26. The van der Waals surface area contributed by atoms with E-state index in [9.17, 15) is 9.59 Å². The van der Waals surface area contributed by atoms with Gasteiger partial charge in [0.2, 0.25) is 0 Å². The third-order valence-electron chi connectivity index (χ3n) is 5.21. The fourth-order valence-electron chi connectivity index (χ4n) is 3.41. The number of ether oxygens (including phenoxy) is 3. The molecule has 1 heterocycles. The van der Waals surface area contributed by atoms with Crippen molar-refractivity contribution in [1.82, 2.24) is 5.43 Å². The Labute approximate surface area is 198 Å². The number of carbonyl (C=O) groups is 2. The van der Waals surface area contributed by atoms with E-state index in [1.54, 1.807) is 55.7 Å². The Morgan fingerprint density at radius 2 is 1.56 bits per heavy atom. The standard InChI is InChI=1S/C27H26N2O5/c1-19(17-33-22-11-7-4-8-12-22)18-34-24-14-13-20(16-25(24)32-2)15-23-26(30)28-29(27(23)31)21-9-5-3-6-10-21/h3-16,19H,17-18H2,1-2H3,(H,28,30)/b23-15+/t19-/m0/s1. The molecule has 0 bridgehead atoms. The van der Waals surface area contributed by atoms with E-state index in [2.05, 4.69) is 5.43 Å². The van der Waals surface area contributed by atoms with Crippen LogP contribution in [0.4, 0.5) is 5.69 Å². The summed E-state index contributed by atoms with van der Waals surface area (Å²) < 4.78 is 17.2. The Morgan fingerprint density at radius 1 is 0.882 bits per heavy atom. The highest BCUT2D eigenvalue weighted by Gasteiger charge is 2.34. The summed E-state index contributed by atoms with van der Waals surface area (Å²) in [6.45, 7) is 3.00. The fraction of sp³-hybridized carbons (Fsp3) is 0.185. The zero-order chi connectivity index (χ0) is 23.9. The van der Waals surface area contributed by atoms with Crippen LogP contribution >= 0.6 is 0 Å². The van der Waals surface area contributed by atoms with Crippen LogP contribution in [0, 0.1) is 5.92 Å². The number of methoxy groups -OCH3 is 1. The molecule has 34 heavy (non-hydrogen) atoms. The quantitative estimate of drug-likeness (QED) is 0.383. The van der Waals surface area contributed by atoms with E-state index in [0.717, 1.165) is 5.75 Å². The molecule has 0 aromatic heterocycles. The lowest BCUT2D eigenvalue weighted by atomic mass is 10.1. The summed E-state index contributed by atoms with van der Waals surface area (Å²) in [7, 11) is 1.55. The molecule has 1 saturated heterocycles. The SMILES string of the molecule is COc1cc(/C=C2\C(=O)NN(c3ccccc3)C2=O)ccc1OC[C@@H](C)COc1ccccc1. The second kappa shape index (κ2) is 10.6. The molecular formula is C27H26N2O5. The van der Waals surface area contributed by atoms with Gasteiger partial charge >= 0.3 is 0 Å². The maximum atomic E-state index is 12.8. The molecule has 7 nitrogen and oxygen atoms in total. The van der Waals surface area contributed by atoms with Crippen LogP contribution in [0.2, 0.25) is 0 Å². The van der Waals surface area contributed by atoms with E-state index >= 15 is 0 Å². The second-order valence-corrected chi connectivity index (χ2v) is 7.93. The van der Waals surface area contributed by atoms with Gasteiger partial charge in [0.1, 0.15) is 11.3 Å². The molecule has 1 atom stereocenters. The molecule has 3 aromatic carbocycles. The van der Waals surface area contributed by atoms with Crippen molar-refractivity contribution in [2.24, 2.45) is 5.92 Å². The number of nitrogens with one attached hydrogen (secondary N) is 1. The number of para-hydroxylation sites is 2. The summed E-state index contributed by atoms with van der Waals surface area (Å²) in [6.07, 6.45) is 1.54. The molecule has 3 aromatic rings. The number of nitrogens with zero attached hydrogens (tertiary/aromatic N) is 1. The number of amides is 2. The van der Waals surface area contributed by atoms with Crippen molar-refractivity contribution in [2.45, 2.75) is 6.92 Å². The molecular weight excluding hydrogens is 432 g/mol. The van der Waals surface area contributed by atoms with Crippen LogP contribution in [0.15, 0.2) is 84.4 Å². The molecule has 1 aliphatic rings. The second-order valence-electron chi connectivity index (χ2n) is 7.93. The summed E-state index contributed by atoms with van der Waals surface area (Å²) in [4.78, 5) is 25.2. The van der Waals surface area contributed by atoms with E-state index in [0.29, 0.717) is 36.0 Å². The van der Waals surface area contributed by atoms with Gasteiger partial charge in [-0.2, -0.15) is 0 Å². The lowest BCUT2D eigenvalue weighted by Crippen LogP contribution is -2.35. The van der Waals surface area contributed by atoms with Crippen LogP contribution in [0.3, 0.4) is 0 Å². The molecule has 0 spiro atoms. The lowest BCUT2D eigenvalue weighted by Gasteiger charge is -2.16. The van der Waals surface area contributed by atoms with Crippen molar-refractivity contribution >= 4 is 23.6 Å². The average Bonchev–Trinajstić information content (AvgIpc) is 3.16. The number of benzene rings is 3. The average molecular weight is 459 g/mol. The topological polar surface area (TPSA) is 77.1 Å². The summed E-state index contributed by atoms with van der Waals surface area (Å²) in [5.41, 5.74) is 3.89. The van der Waals surface area contributed by atoms with Gasteiger partial charge in [0, 0.05) is 5.92 Å². The summed E-state index contributed by atoms with van der Waals surface area (Å²) >= 11 is 0. The molecule has 7 heteroatoms. The van der Waals surface area contributed by atoms with Gasteiger partial charge in [-0.15, -0.1) is 0 Å². The summed E-state index contributed by atoms with van der Waals surface area (Å²) in [6, 6.07) is 23.9. The van der Waals surface area contributed by atoms with Crippen molar-refractivity contribution < 1.29 is 23.8 Å². The summed E-state index contributed by atoms with van der Waals surface area (Å²) in [5.74, 6) is 1.18. The minimum absolute atomic E-state index is 0.0475. The predicted octanol–water partition coefficient (Wildman–Crippen LogP) is 4.25. The van der Waals surface area contributed by atoms with Crippen LogP contribution in [-0.2, 0) is 9.59 Å². The lowest BCUT2D eigenvalue weighted by molar-refractivity contribution is -0.117. The van der Waals surface area contributed by atoms with Gasteiger partial charge in [0.15, 0.2) is 11.5 Å². The first-order chi connectivity index (χ1) is 16.5. The minimum Gasteiger partial charge on any atom is -0.493 e. The highest BCUT2D eigenvalue weighted by atomic mass is 16.5. The largest absolute Gasteiger partial charge is 0.493 e. The molecule has 1 aliphatic heterocycles. The molecule has 1 fully saturated rings. The van der Waals surface area contributed by atoms with Gasteiger partial charge in [-0.1, -0.05) is 49.4 Å². The Bertz CT molecular complexity index is 1180. The first-order valence-corrected chi connectivity index (χ1v) is 11.0. The zero-order valence-electron chi connectivity index (χ0n) is 19.1. The maximum Gasteiger partial charge on any atom is 0.282 e. The number of carbonyl (C=O) groups excluding carboxylic acids is 2. The van der Waals surface area contributed by atoms with Crippen molar-refractivity contribution in [3.05, 3.63) is 90.0 Å². The number of hydrogen-bond acceptors (Lipinski definition) is 5. The highest BCUT2D eigenvalue weighted by Crippen LogP contribution is 2.30. The minimum atomic E-state index is -0.458. The van der Waals surface area contributed by atoms with Gasteiger partial charge in [-0.25, -0.2) is 5.01 Å². The van der Waals surface area contributed by atoms with Gasteiger partial charge in [0.05, 0.1) is 26.0 Å². The van der Waals surface area contributed by atoms with Crippen LogP contribution < -0.4 is 24.6 Å². The number of hydrogen-bond donors (Lipinski definition) is 1. The maximum absolute atomic E-state index is 12.8. The highest BCUT2D eigenvalue weighted by molar-refractivity contribution is 6.31. The fourth-order valence-corrected chi connectivity index (χ4v) is 3.41. The number of anilines is 1. The zero-order valence-corrected chi connectivity index (χ0v) is 19.1. The molecule has 1 N–H and O–H groups in total. The molecule has 0 aliphatic carbocycles. The molecule has 4 rings (SSSR count). The van der Waals surface area contributed by atoms with E-state index in [-0.39, 0.29) is 11.5 Å². The van der Waals surface area contributed by atoms with E-state index in [1.807, 2.05) is 43.3 Å². The van der Waals surface area contributed by atoms with Crippen molar-refractivity contribution in [3.8, 4) is 17.2 Å². The van der Waals surface area contributed by atoms with Crippen molar-refractivity contribution in [2.75, 3.05) is 25.3 Å². The van der Waals surface area contributed by atoms with Crippen molar-refractivity contribution in [1.29, 1.82) is 0 Å². The molecule has 2 amide bonds. The molecule has 174 valence electrons. The van der Waals surface area contributed by atoms with Gasteiger partial charge < -0.3 is 14.2 Å². The van der Waals surface area contributed by atoms with Gasteiger partial charge in [-0.05, 0) is 48.0 Å². The van der Waals surface area contributed by atoms with Gasteiger partial charge in [0.25, 0.3) is 11.8 Å². The Kier molecular flexibility index (Phi) is 7.13. The number of hydrazine groups is 1. The monoisotopic (exact) mass is 458 g/mol. The van der Waals surface area contributed by atoms with Crippen LogP contribution in [-0.4, -0.2) is 32.1 Å². The molecule has 0 unspecified atom stereocenters. The third-order valence-corrected chi connectivity index (χ3v) is 5.21. The van der Waals surface area contributed by atoms with Crippen molar-refractivity contribution in [3.63, 3.8) is 0 Å². The van der Waals surface area contributed by atoms with Crippen LogP contribution in [0.25, 0.3) is 6.08 Å². The smallest absolute Gasteiger partial charge is 0.282 e. The first-order valence-electron chi connectivity index (χ1n) is 11.0. The molecule has 0 radical (unpaired) electrons. The van der Waals surface area contributed by atoms with Crippen LogP contribution in [0.5, 0.6) is 17.2 Å². The summed E-state index contributed by atoms with van der Waals surface area (Å²) in [5, 5.41) is 1.24. The Balaban J connectivity index is 1.41. The Morgan fingerprint density at radius 3 is 2.26 bits per heavy atom. The third kappa shape index (κ3) is 5.38. The van der Waals surface area contributed by atoms with E-state index in [4.69, 9.17) is 14.2 Å². The van der Waals surface area contributed by atoms with Crippen LogP contribution in [0.1, 0.15) is 12.5 Å². The number of rotatable bonds is 9. The first kappa shape index (κ1) is 22.9.